The minimum absolute atomic E-state index is 0.0572. The summed E-state index contributed by atoms with van der Waals surface area (Å²) in [5.41, 5.74) is 1.27. The van der Waals surface area contributed by atoms with E-state index in [1.54, 1.807) is 36.7 Å². The van der Waals surface area contributed by atoms with E-state index in [1.807, 2.05) is 6.92 Å². The Labute approximate surface area is 123 Å². The number of nitrogens with zero attached hydrogens (tertiary/aromatic N) is 1. The minimum Gasteiger partial charge on any atom is -0.349 e. The molecule has 0 aliphatic rings. The molecule has 0 unspecified atom stereocenters. The lowest BCUT2D eigenvalue weighted by atomic mass is 10.1. The zero-order valence-corrected chi connectivity index (χ0v) is 12.2. The van der Waals surface area contributed by atoms with E-state index in [1.165, 1.54) is 0 Å². The van der Waals surface area contributed by atoms with Crippen molar-refractivity contribution in [2.24, 2.45) is 0 Å². The second kappa shape index (κ2) is 6.83. The Bertz CT molecular complexity index is 665. The van der Waals surface area contributed by atoms with Gasteiger partial charge >= 0.3 is 0 Å². The molecule has 2 aromatic rings. The molecule has 2 heterocycles. The van der Waals surface area contributed by atoms with Crippen molar-refractivity contribution in [1.29, 1.82) is 0 Å². The van der Waals surface area contributed by atoms with Crippen LogP contribution < -0.4 is 10.9 Å². The highest BCUT2D eigenvalue weighted by molar-refractivity contribution is 5.94. The number of H-pyrrole nitrogens is 1. The standard InChI is InChI=1S/C16H19N3O2/c1-3-4-11(2)18-15(20)13-5-6-14(19-16(13)21)12-7-9-17-10-8-12/h5-11H,3-4H2,1-2H3,(H,18,20)(H,19,21)/t11-/m1/s1. The van der Waals surface area contributed by atoms with Crippen LogP contribution in [0.4, 0.5) is 0 Å². The first-order valence-electron chi connectivity index (χ1n) is 7.06. The third-order valence-corrected chi connectivity index (χ3v) is 3.24. The molecule has 1 amide bonds. The molecule has 0 bridgehead atoms. The van der Waals surface area contributed by atoms with Crippen molar-refractivity contribution in [3.63, 3.8) is 0 Å². The number of aromatic amines is 1. The summed E-state index contributed by atoms with van der Waals surface area (Å²) in [6, 6.07) is 6.95. The van der Waals surface area contributed by atoms with Crippen LogP contribution in [0.2, 0.25) is 0 Å². The maximum absolute atomic E-state index is 12.1. The molecule has 0 saturated carbocycles. The summed E-state index contributed by atoms with van der Waals surface area (Å²) < 4.78 is 0. The minimum atomic E-state index is -0.384. The highest BCUT2D eigenvalue weighted by Gasteiger charge is 2.13. The summed E-state index contributed by atoms with van der Waals surface area (Å²) in [5.74, 6) is -0.335. The highest BCUT2D eigenvalue weighted by atomic mass is 16.2. The van der Waals surface area contributed by atoms with Crippen molar-refractivity contribution in [3.05, 3.63) is 52.6 Å². The fraction of sp³-hybridized carbons (Fsp3) is 0.312. The average molecular weight is 285 g/mol. The van der Waals surface area contributed by atoms with Gasteiger partial charge in [0.15, 0.2) is 0 Å². The lowest BCUT2D eigenvalue weighted by Gasteiger charge is -2.12. The molecule has 2 aromatic heterocycles. The smallest absolute Gasteiger partial charge is 0.261 e. The molecule has 0 aliphatic carbocycles. The molecule has 0 spiro atoms. The highest BCUT2D eigenvalue weighted by Crippen LogP contribution is 2.13. The number of rotatable bonds is 5. The molecular formula is C16H19N3O2. The summed E-state index contributed by atoms with van der Waals surface area (Å²) in [6.45, 7) is 3.99. The van der Waals surface area contributed by atoms with E-state index >= 15 is 0 Å². The van der Waals surface area contributed by atoms with Gasteiger partial charge < -0.3 is 10.3 Å². The predicted molar refractivity (Wildman–Crippen MR) is 82.1 cm³/mol. The van der Waals surface area contributed by atoms with Crippen molar-refractivity contribution in [3.8, 4) is 11.3 Å². The van der Waals surface area contributed by atoms with E-state index in [4.69, 9.17) is 0 Å². The summed E-state index contributed by atoms with van der Waals surface area (Å²) >= 11 is 0. The zero-order chi connectivity index (χ0) is 15.2. The van der Waals surface area contributed by atoms with E-state index < -0.39 is 0 Å². The number of amides is 1. The Morgan fingerprint density at radius 1 is 1.29 bits per heavy atom. The van der Waals surface area contributed by atoms with Gasteiger partial charge in [0, 0.05) is 29.7 Å². The van der Waals surface area contributed by atoms with Gasteiger partial charge in [0.1, 0.15) is 5.56 Å². The van der Waals surface area contributed by atoms with Crippen LogP contribution in [-0.2, 0) is 0 Å². The molecule has 1 atom stereocenters. The first-order chi connectivity index (χ1) is 10.1. The summed E-state index contributed by atoms with van der Waals surface area (Å²) in [6.07, 6.45) is 5.18. The molecule has 5 nitrogen and oxygen atoms in total. The van der Waals surface area contributed by atoms with Crippen LogP contribution in [-0.4, -0.2) is 21.9 Å². The Morgan fingerprint density at radius 3 is 2.62 bits per heavy atom. The van der Waals surface area contributed by atoms with E-state index in [0.717, 1.165) is 18.4 Å². The lowest BCUT2D eigenvalue weighted by molar-refractivity contribution is 0.0937. The average Bonchev–Trinajstić information content (AvgIpc) is 2.48. The quantitative estimate of drug-likeness (QED) is 0.885. The molecule has 0 aromatic carbocycles. The predicted octanol–water partition coefficient (Wildman–Crippen LogP) is 2.36. The van der Waals surface area contributed by atoms with Crippen LogP contribution >= 0.6 is 0 Å². The second-order valence-electron chi connectivity index (χ2n) is 5.01. The molecule has 0 aliphatic heterocycles. The van der Waals surface area contributed by atoms with Crippen LogP contribution in [0.1, 0.15) is 37.0 Å². The molecule has 2 N–H and O–H groups in total. The molecule has 21 heavy (non-hydrogen) atoms. The molecule has 5 heteroatoms. The summed E-state index contributed by atoms with van der Waals surface area (Å²) in [7, 11) is 0. The van der Waals surface area contributed by atoms with Crippen LogP contribution in [0.15, 0.2) is 41.5 Å². The van der Waals surface area contributed by atoms with Gasteiger partial charge in [-0.25, -0.2) is 0 Å². The SMILES string of the molecule is CCC[C@@H](C)NC(=O)c1ccc(-c2ccncc2)[nH]c1=O. The monoisotopic (exact) mass is 285 g/mol. The Morgan fingerprint density at radius 2 is 2.00 bits per heavy atom. The number of nitrogens with one attached hydrogen (secondary N) is 2. The van der Waals surface area contributed by atoms with Crippen molar-refractivity contribution in [2.45, 2.75) is 32.7 Å². The van der Waals surface area contributed by atoms with E-state index in [9.17, 15) is 9.59 Å². The molecule has 0 radical (unpaired) electrons. The number of carbonyl (C=O) groups is 1. The van der Waals surface area contributed by atoms with Gasteiger partial charge in [-0.05, 0) is 37.6 Å². The Hall–Kier alpha value is -2.43. The first-order valence-corrected chi connectivity index (χ1v) is 7.06. The van der Waals surface area contributed by atoms with Crippen molar-refractivity contribution < 1.29 is 4.79 Å². The van der Waals surface area contributed by atoms with Gasteiger partial charge in [0.05, 0.1) is 0 Å². The van der Waals surface area contributed by atoms with Gasteiger partial charge in [-0.2, -0.15) is 0 Å². The second-order valence-corrected chi connectivity index (χ2v) is 5.01. The Kier molecular flexibility index (Phi) is 4.87. The third kappa shape index (κ3) is 3.78. The topological polar surface area (TPSA) is 74.8 Å². The van der Waals surface area contributed by atoms with Crippen LogP contribution in [0.5, 0.6) is 0 Å². The van der Waals surface area contributed by atoms with Crippen LogP contribution in [0.25, 0.3) is 11.3 Å². The lowest BCUT2D eigenvalue weighted by Crippen LogP contribution is -2.35. The molecule has 0 saturated heterocycles. The number of hydrogen-bond acceptors (Lipinski definition) is 3. The number of aromatic nitrogens is 2. The number of pyridine rings is 2. The first kappa shape index (κ1) is 15.0. The van der Waals surface area contributed by atoms with E-state index in [-0.39, 0.29) is 23.1 Å². The van der Waals surface area contributed by atoms with Crippen LogP contribution in [0.3, 0.4) is 0 Å². The van der Waals surface area contributed by atoms with E-state index in [0.29, 0.717) is 5.69 Å². The van der Waals surface area contributed by atoms with Crippen LogP contribution in [0, 0.1) is 0 Å². The van der Waals surface area contributed by atoms with Gasteiger partial charge in [0.2, 0.25) is 0 Å². The molecule has 0 fully saturated rings. The largest absolute Gasteiger partial charge is 0.349 e. The molecule has 2 rings (SSSR count). The third-order valence-electron chi connectivity index (χ3n) is 3.24. The molecular weight excluding hydrogens is 266 g/mol. The van der Waals surface area contributed by atoms with Gasteiger partial charge in [-0.15, -0.1) is 0 Å². The normalized spacial score (nSPS) is 11.9. The maximum atomic E-state index is 12.1. The van der Waals surface area contributed by atoms with Crippen molar-refractivity contribution in [1.82, 2.24) is 15.3 Å². The number of carbonyl (C=O) groups excluding carboxylic acids is 1. The zero-order valence-electron chi connectivity index (χ0n) is 12.2. The van der Waals surface area contributed by atoms with Crippen molar-refractivity contribution >= 4 is 5.91 Å². The number of hydrogen-bond donors (Lipinski definition) is 2. The van der Waals surface area contributed by atoms with Crippen molar-refractivity contribution in [2.75, 3.05) is 0 Å². The van der Waals surface area contributed by atoms with Gasteiger partial charge in [-0.1, -0.05) is 13.3 Å². The van der Waals surface area contributed by atoms with Gasteiger partial charge in [0.25, 0.3) is 11.5 Å². The summed E-state index contributed by atoms with van der Waals surface area (Å²) in [5, 5.41) is 2.83. The van der Waals surface area contributed by atoms with Gasteiger partial charge in [-0.3, -0.25) is 14.6 Å². The Balaban J connectivity index is 2.20. The fourth-order valence-electron chi connectivity index (χ4n) is 2.16. The fourth-order valence-corrected chi connectivity index (χ4v) is 2.16. The van der Waals surface area contributed by atoms with E-state index in [2.05, 4.69) is 22.2 Å². The molecule has 110 valence electrons. The maximum Gasteiger partial charge on any atom is 0.261 e. The summed E-state index contributed by atoms with van der Waals surface area (Å²) in [4.78, 5) is 30.8.